The third-order valence-electron chi connectivity index (χ3n) is 4.05. The predicted molar refractivity (Wildman–Crippen MR) is 120 cm³/mol. The number of aromatic nitrogens is 1. The number of nitrogens with zero attached hydrogens (tertiary/aromatic N) is 2. The summed E-state index contributed by atoms with van der Waals surface area (Å²) in [6, 6.07) is 14.6. The molecule has 0 spiro atoms. The average molecular weight is 530 g/mol. The number of hydrogen-bond acceptors (Lipinski definition) is 3. The molecule has 160 valence electrons. The van der Waals surface area contributed by atoms with Gasteiger partial charge >= 0.3 is 6.18 Å². The van der Waals surface area contributed by atoms with Crippen molar-refractivity contribution in [3.63, 3.8) is 0 Å². The van der Waals surface area contributed by atoms with Crippen LogP contribution in [0.3, 0.4) is 0 Å². The van der Waals surface area contributed by atoms with Crippen molar-refractivity contribution in [3.8, 4) is 11.5 Å². The Morgan fingerprint density at radius 1 is 1.03 bits per heavy atom. The van der Waals surface area contributed by atoms with Gasteiger partial charge in [0.05, 0.1) is 24.3 Å². The fourth-order valence-electron chi connectivity index (χ4n) is 2.59. The van der Waals surface area contributed by atoms with Crippen LogP contribution in [0.1, 0.15) is 23.7 Å². The summed E-state index contributed by atoms with van der Waals surface area (Å²) in [5, 5.41) is 6.24. The van der Waals surface area contributed by atoms with Gasteiger partial charge in [0, 0.05) is 12.1 Å². The normalized spacial score (nSPS) is 11.7. The van der Waals surface area contributed by atoms with Crippen molar-refractivity contribution < 1.29 is 17.6 Å². The lowest BCUT2D eigenvalue weighted by Crippen LogP contribution is -2.36. The van der Waals surface area contributed by atoms with Gasteiger partial charge in [0.1, 0.15) is 6.26 Å². The van der Waals surface area contributed by atoms with Crippen molar-refractivity contribution in [1.29, 1.82) is 0 Å². The molecule has 0 aliphatic carbocycles. The summed E-state index contributed by atoms with van der Waals surface area (Å²) in [5.41, 5.74) is 1.61. The highest BCUT2D eigenvalue weighted by atomic mass is 127. The van der Waals surface area contributed by atoms with Gasteiger partial charge in [-0.2, -0.15) is 13.2 Å². The minimum absolute atomic E-state index is 0. The van der Waals surface area contributed by atoms with Crippen LogP contribution in [0, 0.1) is 0 Å². The summed E-state index contributed by atoms with van der Waals surface area (Å²) < 4.78 is 43.4. The summed E-state index contributed by atoms with van der Waals surface area (Å²) in [4.78, 5) is 8.86. The predicted octanol–water partition coefficient (Wildman–Crippen LogP) is 5.23. The first kappa shape index (κ1) is 23.7. The largest absolute Gasteiger partial charge is 0.444 e. The topological polar surface area (TPSA) is 62.5 Å². The summed E-state index contributed by atoms with van der Waals surface area (Å²) >= 11 is 0. The highest BCUT2D eigenvalue weighted by Crippen LogP contribution is 2.29. The lowest BCUT2D eigenvalue weighted by atomic mass is 10.1. The van der Waals surface area contributed by atoms with Gasteiger partial charge in [-0.25, -0.2) is 9.98 Å². The van der Waals surface area contributed by atoms with Gasteiger partial charge in [-0.05, 0) is 36.8 Å². The van der Waals surface area contributed by atoms with E-state index in [1.54, 1.807) is 6.26 Å². The summed E-state index contributed by atoms with van der Waals surface area (Å²) in [5.74, 6) is 1.07. The van der Waals surface area contributed by atoms with Crippen LogP contribution < -0.4 is 10.6 Å². The van der Waals surface area contributed by atoms with E-state index >= 15 is 0 Å². The molecule has 0 radical (unpaired) electrons. The zero-order chi connectivity index (χ0) is 20.7. The third-order valence-corrected chi connectivity index (χ3v) is 4.05. The molecule has 0 saturated heterocycles. The van der Waals surface area contributed by atoms with Gasteiger partial charge in [-0.3, -0.25) is 0 Å². The van der Waals surface area contributed by atoms with Crippen molar-refractivity contribution in [1.82, 2.24) is 15.6 Å². The van der Waals surface area contributed by atoms with Crippen LogP contribution in [0.15, 0.2) is 70.3 Å². The van der Waals surface area contributed by atoms with E-state index in [-0.39, 0.29) is 30.5 Å². The number of aliphatic imine (C=N–C) groups is 1. The Bertz CT molecular complexity index is 941. The van der Waals surface area contributed by atoms with Crippen molar-refractivity contribution in [2.24, 2.45) is 4.99 Å². The van der Waals surface area contributed by atoms with E-state index < -0.39 is 11.7 Å². The molecule has 1 heterocycles. The molecule has 5 nitrogen and oxygen atoms in total. The molecule has 2 N–H and O–H groups in total. The minimum Gasteiger partial charge on any atom is -0.444 e. The third kappa shape index (κ3) is 6.75. The Balaban J connectivity index is 0.00000320. The molecule has 3 rings (SSSR count). The molecular weight excluding hydrogens is 508 g/mol. The van der Waals surface area contributed by atoms with E-state index in [2.05, 4.69) is 20.6 Å². The van der Waals surface area contributed by atoms with Gasteiger partial charge < -0.3 is 15.1 Å². The number of alkyl halides is 3. The number of nitrogens with one attached hydrogen (secondary N) is 2. The monoisotopic (exact) mass is 530 g/mol. The van der Waals surface area contributed by atoms with Crippen LogP contribution in [0.4, 0.5) is 13.2 Å². The molecule has 2 aromatic carbocycles. The van der Waals surface area contributed by atoms with E-state index in [1.165, 1.54) is 12.1 Å². The molecule has 0 amide bonds. The lowest BCUT2D eigenvalue weighted by Gasteiger charge is -2.10. The second-order valence-corrected chi connectivity index (χ2v) is 6.25. The van der Waals surface area contributed by atoms with Crippen molar-refractivity contribution >= 4 is 29.9 Å². The molecule has 9 heteroatoms. The SMILES string of the molecule is CCNC(=NCc1ccc(C(F)(F)F)cc1)NCc1coc(-c2ccccc2)n1.I. The lowest BCUT2D eigenvalue weighted by molar-refractivity contribution is -0.137. The molecule has 0 aliphatic rings. The second kappa shape index (κ2) is 11.0. The maximum atomic E-state index is 12.6. The Kier molecular flexibility index (Phi) is 8.70. The number of guanidine groups is 1. The highest BCUT2D eigenvalue weighted by Gasteiger charge is 2.29. The first-order valence-electron chi connectivity index (χ1n) is 9.14. The highest BCUT2D eigenvalue weighted by molar-refractivity contribution is 14.0. The molecule has 1 aromatic heterocycles. The number of hydrogen-bond donors (Lipinski definition) is 2. The van der Waals surface area contributed by atoms with E-state index in [1.807, 2.05) is 37.3 Å². The summed E-state index contributed by atoms with van der Waals surface area (Å²) in [7, 11) is 0. The van der Waals surface area contributed by atoms with Crippen LogP contribution in [0.5, 0.6) is 0 Å². The zero-order valence-electron chi connectivity index (χ0n) is 16.2. The fourth-order valence-corrected chi connectivity index (χ4v) is 2.59. The fraction of sp³-hybridized carbons (Fsp3) is 0.238. The van der Waals surface area contributed by atoms with Gasteiger partial charge in [-0.15, -0.1) is 24.0 Å². The zero-order valence-corrected chi connectivity index (χ0v) is 18.6. The van der Waals surface area contributed by atoms with E-state index in [4.69, 9.17) is 4.42 Å². The minimum atomic E-state index is -4.34. The molecule has 3 aromatic rings. The number of halogens is 4. The van der Waals surface area contributed by atoms with E-state index in [9.17, 15) is 13.2 Å². The number of rotatable bonds is 6. The van der Waals surface area contributed by atoms with Gasteiger partial charge in [0.15, 0.2) is 5.96 Å². The maximum Gasteiger partial charge on any atom is 0.416 e. The van der Waals surface area contributed by atoms with Crippen LogP contribution in [0.2, 0.25) is 0 Å². The van der Waals surface area contributed by atoms with Gasteiger partial charge in [-0.1, -0.05) is 30.3 Å². The molecule has 30 heavy (non-hydrogen) atoms. The first-order valence-corrected chi connectivity index (χ1v) is 9.14. The second-order valence-electron chi connectivity index (χ2n) is 6.25. The Labute approximate surface area is 189 Å². The maximum absolute atomic E-state index is 12.6. The van der Waals surface area contributed by atoms with Crippen LogP contribution >= 0.6 is 24.0 Å². The Hall–Kier alpha value is -2.56. The Morgan fingerprint density at radius 2 is 1.73 bits per heavy atom. The summed E-state index contributed by atoms with van der Waals surface area (Å²) in [6.07, 6.45) is -2.76. The van der Waals surface area contributed by atoms with E-state index in [0.29, 0.717) is 36.2 Å². The first-order chi connectivity index (χ1) is 14.0. The molecule has 0 aliphatic heterocycles. The molecular formula is C21H22F3IN4O. The smallest absolute Gasteiger partial charge is 0.416 e. The molecule has 0 fully saturated rings. The molecule has 0 unspecified atom stereocenters. The van der Waals surface area contributed by atoms with Gasteiger partial charge in [0.2, 0.25) is 5.89 Å². The molecule has 0 bridgehead atoms. The van der Waals surface area contributed by atoms with Crippen molar-refractivity contribution in [3.05, 3.63) is 77.7 Å². The standard InChI is InChI=1S/C21H21F3N4O.HI/c1-2-25-20(26-12-15-8-10-17(11-9-15)21(22,23)24)27-13-18-14-29-19(28-18)16-6-4-3-5-7-16;/h3-11,14H,2,12-13H2,1H3,(H2,25,26,27);1H. The van der Waals surface area contributed by atoms with Gasteiger partial charge in [0.25, 0.3) is 0 Å². The molecule has 0 saturated carbocycles. The van der Waals surface area contributed by atoms with Crippen LogP contribution in [0.25, 0.3) is 11.5 Å². The Morgan fingerprint density at radius 3 is 2.37 bits per heavy atom. The van der Waals surface area contributed by atoms with Crippen molar-refractivity contribution in [2.75, 3.05) is 6.54 Å². The van der Waals surface area contributed by atoms with Crippen LogP contribution in [-0.2, 0) is 19.3 Å². The number of benzene rings is 2. The average Bonchev–Trinajstić information content (AvgIpc) is 3.19. The van der Waals surface area contributed by atoms with Crippen molar-refractivity contribution in [2.45, 2.75) is 26.2 Å². The molecule has 0 atom stereocenters. The van der Waals surface area contributed by atoms with E-state index in [0.717, 1.165) is 17.7 Å². The summed E-state index contributed by atoms with van der Waals surface area (Å²) in [6.45, 7) is 3.22. The quantitative estimate of drug-likeness (QED) is 0.260. The van der Waals surface area contributed by atoms with Crippen LogP contribution in [-0.4, -0.2) is 17.5 Å². The number of oxazole rings is 1.